The fourth-order valence-electron chi connectivity index (χ4n) is 3.15. The van der Waals surface area contributed by atoms with Gasteiger partial charge in [0.1, 0.15) is 14.4 Å². The number of nitrogens with zero attached hydrogens (tertiary/aromatic N) is 1. The van der Waals surface area contributed by atoms with Gasteiger partial charge in [-0.25, -0.2) is 0 Å². The minimum Gasteiger partial charge on any atom is -0.374 e. The lowest BCUT2D eigenvalue weighted by atomic mass is 10.1. The molecule has 1 unspecified atom stereocenters. The van der Waals surface area contributed by atoms with Crippen molar-refractivity contribution in [3.05, 3.63) is 77.5 Å². The maximum atomic E-state index is 11.0. The quantitative estimate of drug-likeness (QED) is 0.330. The molecule has 0 saturated carbocycles. The van der Waals surface area contributed by atoms with Crippen LogP contribution >= 0.6 is 0 Å². The number of carbonyl (C=O) groups is 1. The summed E-state index contributed by atoms with van der Waals surface area (Å²) >= 11 is 0. The summed E-state index contributed by atoms with van der Waals surface area (Å²) < 4.78 is 0. The predicted octanol–water partition coefficient (Wildman–Crippen LogP) is 5.76. The fourth-order valence-corrected chi connectivity index (χ4v) is 5.86. The van der Waals surface area contributed by atoms with Gasteiger partial charge in [-0.1, -0.05) is 81.0 Å². The van der Waals surface area contributed by atoms with Crippen LogP contribution in [0.4, 0.5) is 5.69 Å². The number of hydrogen-bond donors (Lipinski definition) is 0. The molecule has 0 aliphatic carbocycles. The summed E-state index contributed by atoms with van der Waals surface area (Å²) in [4.78, 5) is 13.5. The number of hydrogen-bond acceptors (Lipinski definition) is 2. The second kappa shape index (κ2) is 9.18. The number of para-hydroxylation sites is 1. The van der Waals surface area contributed by atoms with Gasteiger partial charge in [0.25, 0.3) is 0 Å². The average Bonchev–Trinajstić information content (AvgIpc) is 2.64. The third-order valence-corrected chi connectivity index (χ3v) is 11.1. The topological polar surface area (TPSA) is 20.3 Å². The monoisotopic (exact) mass is 379 g/mol. The van der Waals surface area contributed by atoms with Gasteiger partial charge in [0.2, 0.25) is 0 Å². The zero-order valence-corrected chi connectivity index (χ0v) is 18.4. The summed E-state index contributed by atoms with van der Waals surface area (Å²) in [5, 5.41) is 0.170. The van der Waals surface area contributed by atoms with E-state index < -0.39 is 8.07 Å². The molecule has 0 radical (unpaired) electrons. The lowest BCUT2D eigenvalue weighted by Gasteiger charge is -2.42. The molecule has 2 nitrogen and oxygen atoms in total. The predicted molar refractivity (Wildman–Crippen MR) is 120 cm³/mol. The molecule has 2 rings (SSSR count). The second-order valence-corrected chi connectivity index (χ2v) is 13.6. The van der Waals surface area contributed by atoms with Crippen LogP contribution in [-0.2, 0) is 11.2 Å². The Hall–Kier alpha value is -2.13. The first-order chi connectivity index (χ1) is 12.7. The van der Waals surface area contributed by atoms with Crippen molar-refractivity contribution in [2.75, 3.05) is 17.6 Å². The van der Waals surface area contributed by atoms with Gasteiger partial charge in [-0.2, -0.15) is 0 Å². The molecular weight excluding hydrogens is 346 g/mol. The highest BCUT2D eigenvalue weighted by Gasteiger charge is 2.39. The van der Waals surface area contributed by atoms with Crippen molar-refractivity contribution in [1.82, 2.24) is 0 Å². The van der Waals surface area contributed by atoms with Gasteiger partial charge in [0, 0.05) is 18.4 Å². The van der Waals surface area contributed by atoms with E-state index in [4.69, 9.17) is 0 Å². The van der Waals surface area contributed by atoms with E-state index in [1.54, 1.807) is 6.08 Å². The van der Waals surface area contributed by atoms with Crippen molar-refractivity contribution >= 4 is 20.0 Å². The zero-order chi connectivity index (χ0) is 19.9. The van der Waals surface area contributed by atoms with E-state index in [0.717, 1.165) is 25.4 Å². The maximum Gasteiger partial charge on any atom is 0.142 e. The smallest absolute Gasteiger partial charge is 0.142 e. The molecule has 0 aliphatic rings. The standard InChI is InChI=1S/C24H33NOSi/c1-21-12-14-22(15-13-21)16-17-25(23-10-7-6-8-11-23)20-27(5,19-9-18-26)24(2,3)4/h6-15,18-19H,16-17,20H2,1-5H3. The minimum absolute atomic E-state index is 0.170. The Morgan fingerprint density at radius 3 is 2.19 bits per heavy atom. The van der Waals surface area contributed by atoms with Gasteiger partial charge in [0.15, 0.2) is 0 Å². The van der Waals surface area contributed by atoms with Gasteiger partial charge in [-0.15, -0.1) is 0 Å². The van der Waals surface area contributed by atoms with Crippen LogP contribution in [0.3, 0.4) is 0 Å². The molecule has 2 aromatic rings. The van der Waals surface area contributed by atoms with Crippen molar-refractivity contribution < 1.29 is 4.79 Å². The van der Waals surface area contributed by atoms with Crippen LogP contribution in [0.5, 0.6) is 0 Å². The number of aryl methyl sites for hydroxylation is 1. The van der Waals surface area contributed by atoms with E-state index >= 15 is 0 Å². The number of rotatable bonds is 8. The van der Waals surface area contributed by atoms with E-state index in [2.05, 4.69) is 99.4 Å². The summed E-state index contributed by atoms with van der Waals surface area (Å²) in [7, 11) is -1.85. The molecule has 0 amide bonds. The molecule has 0 aliphatic heterocycles. The first-order valence-corrected chi connectivity index (χ1v) is 12.5. The molecule has 1 atom stereocenters. The Labute approximate surface area is 165 Å². The molecule has 0 spiro atoms. The third-order valence-electron chi connectivity index (χ3n) is 5.69. The molecule has 0 N–H and O–H groups in total. The molecule has 0 fully saturated rings. The van der Waals surface area contributed by atoms with Gasteiger partial charge in [-0.3, -0.25) is 4.79 Å². The lowest BCUT2D eigenvalue weighted by molar-refractivity contribution is -0.104. The Bertz CT molecular complexity index is 746. The maximum absolute atomic E-state index is 11.0. The minimum atomic E-state index is -1.85. The molecule has 27 heavy (non-hydrogen) atoms. The van der Waals surface area contributed by atoms with Crippen molar-refractivity contribution in [2.45, 2.75) is 45.7 Å². The van der Waals surface area contributed by atoms with Crippen LogP contribution in [0.1, 0.15) is 31.9 Å². The molecular formula is C24H33NOSi. The fraction of sp³-hybridized carbons (Fsp3) is 0.375. The van der Waals surface area contributed by atoms with E-state index in [1.807, 2.05) is 0 Å². The first kappa shape index (κ1) is 21.2. The summed E-state index contributed by atoms with van der Waals surface area (Å²) in [6.07, 6.45) is 4.63. The second-order valence-electron chi connectivity index (χ2n) is 8.66. The van der Waals surface area contributed by atoms with Gasteiger partial charge in [0.05, 0.1) is 0 Å². The van der Waals surface area contributed by atoms with E-state index in [-0.39, 0.29) is 5.04 Å². The summed E-state index contributed by atoms with van der Waals surface area (Å²) in [5.74, 6) is 0. The van der Waals surface area contributed by atoms with Crippen LogP contribution in [0.15, 0.2) is 66.4 Å². The number of anilines is 1. The molecule has 0 bridgehead atoms. The molecule has 0 heterocycles. The van der Waals surface area contributed by atoms with Crippen LogP contribution in [-0.4, -0.2) is 27.1 Å². The highest BCUT2D eigenvalue weighted by Crippen LogP contribution is 2.38. The molecule has 2 aromatic carbocycles. The Morgan fingerprint density at radius 1 is 1.00 bits per heavy atom. The molecule has 0 aromatic heterocycles. The van der Waals surface area contributed by atoms with Crippen LogP contribution < -0.4 is 4.90 Å². The largest absolute Gasteiger partial charge is 0.374 e. The summed E-state index contributed by atoms with van der Waals surface area (Å²) in [5.41, 5.74) is 6.13. The molecule has 144 valence electrons. The number of aldehydes is 1. The van der Waals surface area contributed by atoms with Crippen LogP contribution in [0.25, 0.3) is 0 Å². The van der Waals surface area contributed by atoms with Gasteiger partial charge >= 0.3 is 0 Å². The number of carbonyl (C=O) groups excluding carboxylic acids is 1. The van der Waals surface area contributed by atoms with Gasteiger partial charge in [-0.05, 0) is 42.2 Å². The van der Waals surface area contributed by atoms with Crippen molar-refractivity contribution in [3.63, 3.8) is 0 Å². The van der Waals surface area contributed by atoms with Gasteiger partial charge < -0.3 is 4.90 Å². The van der Waals surface area contributed by atoms with Crippen molar-refractivity contribution in [2.24, 2.45) is 0 Å². The third kappa shape index (κ3) is 5.93. The molecule has 0 saturated heterocycles. The average molecular weight is 380 g/mol. The highest BCUT2D eigenvalue weighted by atomic mass is 28.3. The Morgan fingerprint density at radius 2 is 1.63 bits per heavy atom. The first-order valence-electron chi connectivity index (χ1n) is 9.74. The number of allylic oxidation sites excluding steroid dienone is 1. The normalized spacial score (nSPS) is 14.1. The Kier molecular flexibility index (Phi) is 7.20. The zero-order valence-electron chi connectivity index (χ0n) is 17.4. The van der Waals surface area contributed by atoms with Crippen molar-refractivity contribution in [3.8, 4) is 0 Å². The highest BCUT2D eigenvalue weighted by molar-refractivity contribution is 6.86. The SMILES string of the molecule is Cc1ccc(CCN(C[Si](C)(C=CC=O)C(C)(C)C)c2ccccc2)cc1. The molecule has 3 heteroatoms. The summed E-state index contributed by atoms with van der Waals surface area (Å²) in [6.45, 7) is 12.4. The van der Waals surface area contributed by atoms with E-state index in [9.17, 15) is 4.79 Å². The Balaban J connectivity index is 2.27. The van der Waals surface area contributed by atoms with Crippen LogP contribution in [0, 0.1) is 6.92 Å². The van der Waals surface area contributed by atoms with Crippen molar-refractivity contribution in [1.29, 1.82) is 0 Å². The summed E-state index contributed by atoms with van der Waals surface area (Å²) in [6, 6.07) is 19.5. The lowest BCUT2D eigenvalue weighted by Crippen LogP contribution is -2.51. The van der Waals surface area contributed by atoms with E-state index in [0.29, 0.717) is 0 Å². The van der Waals surface area contributed by atoms with E-state index in [1.165, 1.54) is 16.8 Å². The number of benzene rings is 2. The van der Waals surface area contributed by atoms with Crippen LogP contribution in [0.2, 0.25) is 11.6 Å².